The number of amides is 1. The highest BCUT2D eigenvalue weighted by molar-refractivity contribution is 6.33. The topological polar surface area (TPSA) is 32.8 Å². The Labute approximate surface area is 145 Å². The second-order valence-electron chi connectivity index (χ2n) is 5.56. The number of benzene rings is 2. The summed E-state index contributed by atoms with van der Waals surface area (Å²) in [6.07, 6.45) is 0. The van der Waals surface area contributed by atoms with Gasteiger partial charge in [-0.05, 0) is 36.4 Å². The number of rotatable bonds is 4. The van der Waals surface area contributed by atoms with Crippen LogP contribution in [0.1, 0.15) is 0 Å². The van der Waals surface area contributed by atoms with Crippen LogP contribution in [0.5, 0.6) is 5.75 Å². The van der Waals surface area contributed by atoms with Gasteiger partial charge in [0.15, 0.2) is 6.61 Å². The third kappa shape index (κ3) is 3.97. The summed E-state index contributed by atoms with van der Waals surface area (Å²) in [6.45, 7) is 2.66. The summed E-state index contributed by atoms with van der Waals surface area (Å²) < 4.78 is 18.3. The van der Waals surface area contributed by atoms with Crippen molar-refractivity contribution in [1.29, 1.82) is 0 Å². The van der Waals surface area contributed by atoms with Crippen molar-refractivity contribution in [3.63, 3.8) is 0 Å². The number of hydrogen-bond donors (Lipinski definition) is 0. The molecular formula is C18H18ClFN2O2. The normalized spacial score (nSPS) is 14.6. The fourth-order valence-electron chi connectivity index (χ4n) is 2.67. The van der Waals surface area contributed by atoms with Gasteiger partial charge in [0.1, 0.15) is 11.6 Å². The van der Waals surface area contributed by atoms with E-state index < -0.39 is 0 Å². The van der Waals surface area contributed by atoms with Crippen molar-refractivity contribution in [2.45, 2.75) is 0 Å². The number of piperazine rings is 1. The van der Waals surface area contributed by atoms with Gasteiger partial charge in [0.2, 0.25) is 0 Å². The molecule has 0 N–H and O–H groups in total. The zero-order chi connectivity index (χ0) is 16.9. The quantitative estimate of drug-likeness (QED) is 0.850. The van der Waals surface area contributed by atoms with Crippen molar-refractivity contribution in [3.05, 3.63) is 59.4 Å². The molecule has 0 atom stereocenters. The van der Waals surface area contributed by atoms with Crippen LogP contribution < -0.4 is 9.64 Å². The van der Waals surface area contributed by atoms with E-state index in [0.717, 1.165) is 23.8 Å². The fourth-order valence-corrected chi connectivity index (χ4v) is 2.93. The van der Waals surface area contributed by atoms with Crippen LogP contribution in [-0.4, -0.2) is 43.6 Å². The molecule has 0 aromatic heterocycles. The lowest BCUT2D eigenvalue weighted by atomic mass is 10.2. The molecule has 1 fully saturated rings. The molecule has 2 aromatic carbocycles. The Bertz CT molecular complexity index is 700. The smallest absolute Gasteiger partial charge is 0.260 e. The zero-order valence-electron chi connectivity index (χ0n) is 13.1. The van der Waals surface area contributed by atoms with Gasteiger partial charge in [0, 0.05) is 26.2 Å². The van der Waals surface area contributed by atoms with Crippen molar-refractivity contribution in [1.82, 2.24) is 4.90 Å². The standard InChI is InChI=1S/C18H18ClFN2O2/c19-16-3-1-2-4-17(16)21-9-11-22(12-10-21)18(23)13-24-15-7-5-14(20)6-8-15/h1-8H,9-13H2. The van der Waals surface area contributed by atoms with E-state index in [1.807, 2.05) is 24.3 Å². The van der Waals surface area contributed by atoms with Crippen LogP contribution in [0.2, 0.25) is 5.02 Å². The van der Waals surface area contributed by atoms with E-state index >= 15 is 0 Å². The highest BCUT2D eigenvalue weighted by atomic mass is 35.5. The second kappa shape index (κ2) is 7.53. The maximum atomic E-state index is 12.8. The Morgan fingerprint density at radius 1 is 1.04 bits per heavy atom. The number of carbonyl (C=O) groups excluding carboxylic acids is 1. The summed E-state index contributed by atoms with van der Waals surface area (Å²) in [4.78, 5) is 16.2. The third-order valence-electron chi connectivity index (χ3n) is 4.00. The monoisotopic (exact) mass is 348 g/mol. The summed E-state index contributed by atoms with van der Waals surface area (Å²) >= 11 is 6.22. The predicted molar refractivity (Wildman–Crippen MR) is 92.1 cm³/mol. The van der Waals surface area contributed by atoms with Gasteiger partial charge in [-0.15, -0.1) is 0 Å². The van der Waals surface area contributed by atoms with Gasteiger partial charge in [-0.25, -0.2) is 4.39 Å². The summed E-state index contributed by atoms with van der Waals surface area (Å²) in [5.74, 6) is 0.0851. The van der Waals surface area contributed by atoms with Crippen LogP contribution in [0.25, 0.3) is 0 Å². The number of hydrogen-bond acceptors (Lipinski definition) is 3. The zero-order valence-corrected chi connectivity index (χ0v) is 13.9. The molecule has 1 aliphatic rings. The predicted octanol–water partition coefficient (Wildman–Crippen LogP) is 3.21. The average molecular weight is 349 g/mol. The Morgan fingerprint density at radius 3 is 2.38 bits per heavy atom. The van der Waals surface area contributed by atoms with Crippen molar-refractivity contribution in [2.75, 3.05) is 37.7 Å². The molecule has 24 heavy (non-hydrogen) atoms. The molecule has 0 bridgehead atoms. The van der Waals surface area contributed by atoms with Crippen molar-refractivity contribution in [3.8, 4) is 5.75 Å². The number of ether oxygens (including phenoxy) is 1. The fraction of sp³-hybridized carbons (Fsp3) is 0.278. The van der Waals surface area contributed by atoms with Gasteiger partial charge < -0.3 is 14.5 Å². The molecule has 0 spiro atoms. The maximum Gasteiger partial charge on any atom is 0.260 e. The van der Waals surface area contributed by atoms with Crippen LogP contribution in [0.4, 0.5) is 10.1 Å². The third-order valence-corrected chi connectivity index (χ3v) is 4.32. The van der Waals surface area contributed by atoms with E-state index in [1.165, 1.54) is 24.3 Å². The van der Waals surface area contributed by atoms with Crippen LogP contribution in [0.15, 0.2) is 48.5 Å². The molecular weight excluding hydrogens is 331 g/mol. The largest absolute Gasteiger partial charge is 0.484 e. The lowest BCUT2D eigenvalue weighted by Gasteiger charge is -2.36. The van der Waals surface area contributed by atoms with E-state index in [2.05, 4.69) is 4.90 Å². The lowest BCUT2D eigenvalue weighted by Crippen LogP contribution is -2.50. The Kier molecular flexibility index (Phi) is 5.20. The number of carbonyl (C=O) groups is 1. The lowest BCUT2D eigenvalue weighted by molar-refractivity contribution is -0.133. The maximum absolute atomic E-state index is 12.8. The molecule has 4 nitrogen and oxygen atoms in total. The molecule has 126 valence electrons. The van der Waals surface area contributed by atoms with E-state index in [4.69, 9.17) is 16.3 Å². The van der Waals surface area contributed by atoms with Gasteiger partial charge in [0.05, 0.1) is 10.7 Å². The van der Waals surface area contributed by atoms with Gasteiger partial charge >= 0.3 is 0 Å². The highest BCUT2D eigenvalue weighted by Crippen LogP contribution is 2.26. The van der Waals surface area contributed by atoms with Crippen molar-refractivity contribution in [2.24, 2.45) is 0 Å². The van der Waals surface area contributed by atoms with Crippen LogP contribution in [0, 0.1) is 5.82 Å². The summed E-state index contributed by atoms with van der Waals surface area (Å²) in [7, 11) is 0. The molecule has 0 aliphatic carbocycles. The SMILES string of the molecule is O=C(COc1ccc(F)cc1)N1CCN(c2ccccc2Cl)CC1. The van der Waals surface area contributed by atoms with Crippen molar-refractivity contribution >= 4 is 23.2 Å². The number of halogens is 2. The molecule has 0 unspecified atom stereocenters. The minimum atomic E-state index is -0.329. The Hall–Kier alpha value is -2.27. The Balaban J connectivity index is 1.50. The first kappa shape index (κ1) is 16.6. The number of para-hydroxylation sites is 1. The van der Waals surface area contributed by atoms with Crippen LogP contribution >= 0.6 is 11.6 Å². The van der Waals surface area contributed by atoms with Gasteiger partial charge in [0.25, 0.3) is 5.91 Å². The van der Waals surface area contributed by atoms with E-state index in [0.29, 0.717) is 18.8 Å². The number of anilines is 1. The summed E-state index contributed by atoms with van der Waals surface area (Å²) in [5.41, 5.74) is 0.994. The first-order chi connectivity index (χ1) is 11.6. The Morgan fingerprint density at radius 2 is 1.71 bits per heavy atom. The van der Waals surface area contributed by atoms with Gasteiger partial charge in [-0.3, -0.25) is 4.79 Å². The van der Waals surface area contributed by atoms with Crippen molar-refractivity contribution < 1.29 is 13.9 Å². The first-order valence-corrected chi connectivity index (χ1v) is 8.17. The van der Waals surface area contributed by atoms with E-state index in [9.17, 15) is 9.18 Å². The molecule has 0 radical (unpaired) electrons. The van der Waals surface area contributed by atoms with E-state index in [1.54, 1.807) is 4.90 Å². The number of nitrogens with zero attached hydrogens (tertiary/aromatic N) is 2. The molecule has 0 saturated carbocycles. The summed E-state index contributed by atoms with van der Waals surface area (Å²) in [5, 5.41) is 0.719. The first-order valence-electron chi connectivity index (χ1n) is 7.79. The minimum Gasteiger partial charge on any atom is -0.484 e. The molecule has 6 heteroatoms. The van der Waals surface area contributed by atoms with Crippen LogP contribution in [-0.2, 0) is 4.79 Å². The average Bonchev–Trinajstić information content (AvgIpc) is 2.61. The van der Waals surface area contributed by atoms with Gasteiger partial charge in [-0.1, -0.05) is 23.7 Å². The molecule has 3 rings (SSSR count). The molecule has 1 aliphatic heterocycles. The van der Waals surface area contributed by atoms with Crippen LogP contribution in [0.3, 0.4) is 0 Å². The molecule has 1 heterocycles. The van der Waals surface area contributed by atoms with Gasteiger partial charge in [-0.2, -0.15) is 0 Å². The highest BCUT2D eigenvalue weighted by Gasteiger charge is 2.22. The summed E-state index contributed by atoms with van der Waals surface area (Å²) in [6, 6.07) is 13.3. The molecule has 2 aromatic rings. The van der Waals surface area contributed by atoms with E-state index in [-0.39, 0.29) is 18.3 Å². The second-order valence-corrected chi connectivity index (χ2v) is 5.97. The molecule has 1 saturated heterocycles. The molecule has 1 amide bonds. The minimum absolute atomic E-state index is 0.0439.